The molecule has 0 amide bonds. The number of ether oxygens (including phenoxy) is 1. The first-order chi connectivity index (χ1) is 16.5. The number of benzene rings is 2. The van der Waals surface area contributed by atoms with E-state index in [1.54, 1.807) is 18.5 Å². The van der Waals surface area contributed by atoms with Crippen LogP contribution in [-0.4, -0.2) is 54.9 Å². The number of piperidine rings is 1. The third-order valence-corrected chi connectivity index (χ3v) is 8.56. The molecule has 2 aromatic carbocycles. The summed E-state index contributed by atoms with van der Waals surface area (Å²) in [5, 5.41) is 1.90. The van der Waals surface area contributed by atoms with Crippen LogP contribution in [0.15, 0.2) is 53.7 Å². The van der Waals surface area contributed by atoms with Crippen LogP contribution in [0.2, 0.25) is 0 Å². The van der Waals surface area contributed by atoms with Gasteiger partial charge in [-0.1, -0.05) is 30.3 Å². The topological polar surface area (TPSA) is 92.7 Å². The molecule has 1 aromatic heterocycles. The van der Waals surface area contributed by atoms with Gasteiger partial charge in [-0.25, -0.2) is 18.4 Å². The summed E-state index contributed by atoms with van der Waals surface area (Å²) in [7, 11) is -3.67. The molecular weight excluding hydrogens is 452 g/mol. The molecule has 0 unspecified atom stereocenters. The van der Waals surface area contributed by atoms with Crippen molar-refractivity contribution in [2.45, 2.75) is 37.6 Å². The number of anilines is 1. The van der Waals surface area contributed by atoms with Gasteiger partial charge in [0.2, 0.25) is 10.0 Å². The first-order valence-electron chi connectivity index (χ1n) is 11.7. The first-order valence-corrected chi connectivity index (χ1v) is 13.1. The van der Waals surface area contributed by atoms with Gasteiger partial charge in [0.25, 0.3) is 0 Å². The zero-order chi connectivity index (χ0) is 23.7. The summed E-state index contributed by atoms with van der Waals surface area (Å²) in [4.78, 5) is 23.5. The van der Waals surface area contributed by atoms with E-state index in [9.17, 15) is 13.2 Å². The lowest BCUT2D eigenvalue weighted by atomic mass is 9.96. The summed E-state index contributed by atoms with van der Waals surface area (Å²) in [6.07, 6.45) is 3.48. The predicted octanol–water partition coefficient (Wildman–Crippen LogP) is 3.16. The molecule has 0 aliphatic carbocycles. The molecule has 3 heterocycles. The molecule has 1 fully saturated rings. The summed E-state index contributed by atoms with van der Waals surface area (Å²) in [6.45, 7) is 4.16. The molecule has 1 saturated heterocycles. The average Bonchev–Trinajstić information content (AvgIpc) is 2.88. The second-order valence-corrected chi connectivity index (χ2v) is 10.7. The second kappa shape index (κ2) is 9.31. The molecule has 0 spiro atoms. The summed E-state index contributed by atoms with van der Waals surface area (Å²) in [5.74, 6) is 0.531. The van der Waals surface area contributed by atoms with E-state index in [0.29, 0.717) is 50.4 Å². The average molecular weight is 481 g/mol. The minimum atomic E-state index is -3.67. The van der Waals surface area contributed by atoms with Crippen molar-refractivity contribution in [1.82, 2.24) is 14.3 Å². The van der Waals surface area contributed by atoms with E-state index in [2.05, 4.69) is 14.9 Å². The fraction of sp³-hybridized carbons (Fsp3) is 0.400. The SMILES string of the molecule is CCOC(=O)C1CCN(c2ncnc3c2CN(S(=O)(=O)c2ccc4ccccc4c2)CC3)CC1. The van der Waals surface area contributed by atoms with Crippen molar-refractivity contribution in [3.63, 3.8) is 0 Å². The molecule has 5 rings (SSSR count). The maximum atomic E-state index is 13.5. The quantitative estimate of drug-likeness (QED) is 0.518. The summed E-state index contributed by atoms with van der Waals surface area (Å²) >= 11 is 0. The fourth-order valence-electron chi connectivity index (χ4n) is 4.84. The Bertz CT molecular complexity index is 1320. The van der Waals surface area contributed by atoms with Crippen LogP contribution in [0.5, 0.6) is 0 Å². The lowest BCUT2D eigenvalue weighted by Crippen LogP contribution is -2.41. The molecule has 0 radical (unpaired) electrons. The van der Waals surface area contributed by atoms with Crippen LogP contribution in [0.1, 0.15) is 31.0 Å². The first kappa shape index (κ1) is 22.7. The number of fused-ring (bicyclic) bond motifs is 2. The van der Waals surface area contributed by atoms with Gasteiger partial charge in [0.15, 0.2) is 0 Å². The van der Waals surface area contributed by atoms with Crippen molar-refractivity contribution >= 4 is 32.6 Å². The largest absolute Gasteiger partial charge is 0.466 e. The summed E-state index contributed by atoms with van der Waals surface area (Å²) in [6, 6.07) is 13.0. The number of hydrogen-bond donors (Lipinski definition) is 0. The molecule has 9 heteroatoms. The lowest BCUT2D eigenvalue weighted by Gasteiger charge is -2.35. The molecule has 0 atom stereocenters. The normalized spacial score (nSPS) is 17.5. The molecule has 0 saturated carbocycles. The van der Waals surface area contributed by atoms with Gasteiger partial charge >= 0.3 is 5.97 Å². The van der Waals surface area contributed by atoms with E-state index in [1.807, 2.05) is 37.3 Å². The Morgan fingerprint density at radius 3 is 2.59 bits per heavy atom. The Hall–Kier alpha value is -3.04. The van der Waals surface area contributed by atoms with E-state index in [-0.39, 0.29) is 18.4 Å². The van der Waals surface area contributed by atoms with E-state index >= 15 is 0 Å². The molecule has 0 N–H and O–H groups in total. The van der Waals surface area contributed by atoms with Gasteiger partial charge < -0.3 is 9.64 Å². The predicted molar refractivity (Wildman–Crippen MR) is 129 cm³/mol. The van der Waals surface area contributed by atoms with Gasteiger partial charge in [0.1, 0.15) is 12.1 Å². The van der Waals surface area contributed by atoms with Crippen molar-refractivity contribution < 1.29 is 17.9 Å². The van der Waals surface area contributed by atoms with E-state index in [4.69, 9.17) is 4.74 Å². The number of carbonyl (C=O) groups is 1. The third-order valence-electron chi connectivity index (χ3n) is 6.72. The molecule has 2 aliphatic heterocycles. The summed E-state index contributed by atoms with van der Waals surface area (Å²) < 4.78 is 33.8. The monoisotopic (exact) mass is 480 g/mol. The minimum Gasteiger partial charge on any atom is -0.466 e. The highest BCUT2D eigenvalue weighted by Crippen LogP contribution is 2.32. The number of aromatic nitrogens is 2. The zero-order valence-electron chi connectivity index (χ0n) is 19.2. The maximum absolute atomic E-state index is 13.5. The highest BCUT2D eigenvalue weighted by atomic mass is 32.2. The minimum absolute atomic E-state index is 0.0985. The van der Waals surface area contributed by atoms with Crippen molar-refractivity contribution in [3.05, 3.63) is 60.0 Å². The van der Waals surface area contributed by atoms with E-state index in [0.717, 1.165) is 27.8 Å². The number of esters is 1. The summed E-state index contributed by atoms with van der Waals surface area (Å²) in [5.41, 5.74) is 1.75. The van der Waals surface area contributed by atoms with Gasteiger partial charge in [0, 0.05) is 38.2 Å². The van der Waals surface area contributed by atoms with Crippen LogP contribution in [0, 0.1) is 5.92 Å². The molecule has 34 heavy (non-hydrogen) atoms. The Kier molecular flexibility index (Phi) is 6.22. The Labute approximate surface area is 199 Å². The molecule has 178 valence electrons. The fourth-order valence-corrected chi connectivity index (χ4v) is 6.29. The van der Waals surface area contributed by atoms with Gasteiger partial charge in [-0.15, -0.1) is 0 Å². The van der Waals surface area contributed by atoms with Crippen molar-refractivity contribution in [3.8, 4) is 0 Å². The van der Waals surface area contributed by atoms with Gasteiger partial charge in [-0.3, -0.25) is 4.79 Å². The maximum Gasteiger partial charge on any atom is 0.309 e. The van der Waals surface area contributed by atoms with E-state index < -0.39 is 10.0 Å². The van der Waals surface area contributed by atoms with Crippen LogP contribution < -0.4 is 4.90 Å². The highest BCUT2D eigenvalue weighted by molar-refractivity contribution is 7.89. The van der Waals surface area contributed by atoms with Crippen LogP contribution in [0.3, 0.4) is 0 Å². The highest BCUT2D eigenvalue weighted by Gasteiger charge is 2.33. The zero-order valence-corrected chi connectivity index (χ0v) is 20.0. The third kappa shape index (κ3) is 4.25. The van der Waals surface area contributed by atoms with Crippen LogP contribution in [0.4, 0.5) is 5.82 Å². The van der Waals surface area contributed by atoms with Crippen molar-refractivity contribution in [1.29, 1.82) is 0 Å². The lowest BCUT2D eigenvalue weighted by molar-refractivity contribution is -0.148. The van der Waals surface area contributed by atoms with Crippen molar-refractivity contribution in [2.75, 3.05) is 31.1 Å². The molecule has 8 nitrogen and oxygen atoms in total. The smallest absolute Gasteiger partial charge is 0.309 e. The second-order valence-electron chi connectivity index (χ2n) is 8.73. The number of carbonyl (C=O) groups excluding carboxylic acids is 1. The van der Waals surface area contributed by atoms with Gasteiger partial charge in [-0.05, 0) is 42.7 Å². The van der Waals surface area contributed by atoms with Gasteiger partial charge in [0.05, 0.1) is 23.1 Å². The number of hydrogen-bond acceptors (Lipinski definition) is 7. The Morgan fingerprint density at radius 1 is 1.06 bits per heavy atom. The number of sulfonamides is 1. The Balaban J connectivity index is 1.38. The standard InChI is InChI=1S/C25H28N4O4S/c1-2-33-25(30)19-9-12-28(13-10-19)24-22-16-29(14-11-23(22)26-17-27-24)34(31,32)21-8-7-18-5-3-4-6-20(18)15-21/h3-8,15,17,19H,2,9-14,16H2,1H3. The molecule has 3 aromatic rings. The van der Waals surface area contributed by atoms with Crippen LogP contribution in [0.25, 0.3) is 10.8 Å². The number of rotatable bonds is 5. The van der Waals surface area contributed by atoms with Gasteiger partial charge in [-0.2, -0.15) is 4.31 Å². The molecule has 0 bridgehead atoms. The number of nitrogens with zero attached hydrogens (tertiary/aromatic N) is 4. The van der Waals surface area contributed by atoms with E-state index in [1.165, 1.54) is 4.31 Å². The van der Waals surface area contributed by atoms with Crippen LogP contribution in [-0.2, 0) is 32.5 Å². The van der Waals surface area contributed by atoms with Crippen LogP contribution >= 0.6 is 0 Å². The molecular formula is C25H28N4O4S. The Morgan fingerprint density at radius 2 is 1.82 bits per heavy atom. The van der Waals surface area contributed by atoms with Crippen molar-refractivity contribution in [2.24, 2.45) is 5.92 Å². The molecule has 2 aliphatic rings.